The number of hydrogen-bond acceptors (Lipinski definition) is 3. The quantitative estimate of drug-likeness (QED) is 0.844. The van der Waals surface area contributed by atoms with Crippen molar-refractivity contribution >= 4 is 0 Å². The lowest BCUT2D eigenvalue weighted by molar-refractivity contribution is 0.148. The van der Waals surface area contributed by atoms with Gasteiger partial charge in [-0.25, -0.2) is 0 Å². The normalized spacial score (nSPS) is 16.0. The molecule has 0 saturated carbocycles. The molecule has 0 amide bonds. The summed E-state index contributed by atoms with van der Waals surface area (Å²) in [6.07, 6.45) is 1.42. The lowest BCUT2D eigenvalue weighted by Crippen LogP contribution is -2.43. The van der Waals surface area contributed by atoms with Gasteiger partial charge < -0.3 is 4.90 Å². The summed E-state index contributed by atoms with van der Waals surface area (Å²) in [7, 11) is 2.19. The fraction of sp³-hybridized carbons (Fsp3) is 0.381. The highest BCUT2D eigenvalue weighted by atomic mass is 15.2. The number of benzene rings is 2. The number of aryl methyl sites for hydroxylation is 1. The Morgan fingerprint density at radius 2 is 1.38 bits per heavy atom. The van der Waals surface area contributed by atoms with Crippen molar-refractivity contribution in [3.05, 3.63) is 59.7 Å². The molecule has 3 rings (SSSR count). The minimum absolute atomic E-state index is 0.584. The highest BCUT2D eigenvalue weighted by Gasteiger charge is 2.13. The van der Waals surface area contributed by atoms with Crippen LogP contribution in [-0.4, -0.2) is 43.0 Å². The van der Waals surface area contributed by atoms with Crippen molar-refractivity contribution in [1.29, 1.82) is 5.26 Å². The molecule has 1 fully saturated rings. The number of piperazine rings is 1. The smallest absolute Gasteiger partial charge is 0.0625 e. The molecule has 0 atom stereocenters. The van der Waals surface area contributed by atoms with E-state index in [2.05, 4.69) is 71.4 Å². The molecule has 0 unspecified atom stereocenters. The first-order valence-electron chi connectivity index (χ1n) is 8.71. The van der Waals surface area contributed by atoms with Crippen molar-refractivity contribution in [3.8, 4) is 17.2 Å². The van der Waals surface area contributed by atoms with Crippen molar-refractivity contribution in [3.63, 3.8) is 0 Å². The standard InChI is InChI=1S/C21H25N3/c1-23-13-15-24(16-14-23)17-19-6-10-21(11-7-19)20-8-4-18(5-9-20)3-2-12-22/h4-11H,2-3,13-17H2,1H3. The number of nitriles is 1. The first-order chi connectivity index (χ1) is 11.7. The summed E-state index contributed by atoms with van der Waals surface area (Å²) in [5.41, 5.74) is 5.10. The zero-order chi connectivity index (χ0) is 16.8. The van der Waals surface area contributed by atoms with E-state index in [-0.39, 0.29) is 0 Å². The average molecular weight is 319 g/mol. The molecule has 24 heavy (non-hydrogen) atoms. The molecule has 0 bridgehead atoms. The van der Waals surface area contributed by atoms with E-state index in [0.29, 0.717) is 6.42 Å². The van der Waals surface area contributed by atoms with Crippen molar-refractivity contribution in [2.75, 3.05) is 33.2 Å². The Kier molecular flexibility index (Phi) is 5.63. The monoisotopic (exact) mass is 319 g/mol. The van der Waals surface area contributed by atoms with Gasteiger partial charge in [-0.2, -0.15) is 5.26 Å². The van der Waals surface area contributed by atoms with Crippen LogP contribution in [0.4, 0.5) is 0 Å². The molecule has 0 aliphatic carbocycles. The van der Waals surface area contributed by atoms with Crippen LogP contribution in [0, 0.1) is 11.3 Å². The second-order valence-corrected chi connectivity index (χ2v) is 6.63. The van der Waals surface area contributed by atoms with Gasteiger partial charge in [0.2, 0.25) is 0 Å². The van der Waals surface area contributed by atoms with Gasteiger partial charge in [-0.15, -0.1) is 0 Å². The van der Waals surface area contributed by atoms with E-state index >= 15 is 0 Å². The van der Waals surface area contributed by atoms with Crippen LogP contribution in [0.25, 0.3) is 11.1 Å². The molecule has 3 heteroatoms. The summed E-state index contributed by atoms with van der Waals surface area (Å²) in [4.78, 5) is 4.92. The molecule has 3 nitrogen and oxygen atoms in total. The first kappa shape index (κ1) is 16.7. The second kappa shape index (κ2) is 8.10. The molecule has 124 valence electrons. The van der Waals surface area contributed by atoms with E-state index in [1.807, 2.05) is 0 Å². The Morgan fingerprint density at radius 1 is 0.833 bits per heavy atom. The highest BCUT2D eigenvalue weighted by Crippen LogP contribution is 2.21. The van der Waals surface area contributed by atoms with E-state index in [4.69, 9.17) is 5.26 Å². The maximum Gasteiger partial charge on any atom is 0.0625 e. The Bertz CT molecular complexity index is 675. The third-order valence-corrected chi connectivity index (χ3v) is 4.77. The van der Waals surface area contributed by atoms with Gasteiger partial charge in [-0.3, -0.25) is 4.90 Å². The number of likely N-dealkylation sites (N-methyl/N-ethyl adjacent to an activating group) is 1. The van der Waals surface area contributed by atoms with Crippen LogP contribution >= 0.6 is 0 Å². The van der Waals surface area contributed by atoms with Crippen molar-refractivity contribution in [2.45, 2.75) is 19.4 Å². The Morgan fingerprint density at radius 3 is 1.92 bits per heavy atom. The summed E-state index contributed by atoms with van der Waals surface area (Å²) in [6, 6.07) is 19.7. The maximum atomic E-state index is 8.66. The topological polar surface area (TPSA) is 30.3 Å². The third kappa shape index (κ3) is 4.44. The molecule has 0 radical (unpaired) electrons. The number of nitrogens with zero attached hydrogens (tertiary/aromatic N) is 3. The molecule has 1 aliphatic rings. The SMILES string of the molecule is CN1CCN(Cc2ccc(-c3ccc(CCC#N)cc3)cc2)CC1. The van der Waals surface area contributed by atoms with Crippen LogP contribution in [0.3, 0.4) is 0 Å². The summed E-state index contributed by atoms with van der Waals surface area (Å²) >= 11 is 0. The fourth-order valence-corrected chi connectivity index (χ4v) is 3.13. The number of rotatable bonds is 5. The van der Waals surface area contributed by atoms with Gasteiger partial charge in [0, 0.05) is 39.1 Å². The summed E-state index contributed by atoms with van der Waals surface area (Å²) in [5, 5.41) is 8.66. The molecule has 0 aromatic heterocycles. The van der Waals surface area contributed by atoms with Crippen molar-refractivity contribution < 1.29 is 0 Å². The zero-order valence-corrected chi connectivity index (χ0v) is 14.4. The van der Waals surface area contributed by atoms with Crippen molar-refractivity contribution in [1.82, 2.24) is 9.80 Å². The highest BCUT2D eigenvalue weighted by molar-refractivity contribution is 5.64. The van der Waals surface area contributed by atoms with Gasteiger partial charge in [0.1, 0.15) is 0 Å². The molecule has 0 spiro atoms. The minimum Gasteiger partial charge on any atom is -0.304 e. The van der Waals surface area contributed by atoms with E-state index < -0.39 is 0 Å². The molecule has 2 aromatic carbocycles. The van der Waals surface area contributed by atoms with Gasteiger partial charge in [0.15, 0.2) is 0 Å². The average Bonchev–Trinajstić information content (AvgIpc) is 2.63. The lowest BCUT2D eigenvalue weighted by Gasteiger charge is -2.32. The van der Waals surface area contributed by atoms with Gasteiger partial charge in [-0.1, -0.05) is 48.5 Å². The van der Waals surface area contributed by atoms with Gasteiger partial charge >= 0.3 is 0 Å². The first-order valence-corrected chi connectivity index (χ1v) is 8.71. The van der Waals surface area contributed by atoms with E-state index in [1.165, 1.54) is 22.3 Å². The molecule has 2 aromatic rings. The lowest BCUT2D eigenvalue weighted by atomic mass is 10.0. The predicted molar refractivity (Wildman–Crippen MR) is 98.6 cm³/mol. The minimum atomic E-state index is 0.584. The Balaban J connectivity index is 1.60. The molecule has 1 saturated heterocycles. The van der Waals surface area contributed by atoms with Crippen LogP contribution in [0.5, 0.6) is 0 Å². The van der Waals surface area contributed by atoms with E-state index in [0.717, 1.165) is 39.1 Å². The van der Waals surface area contributed by atoms with Gasteiger partial charge in [0.05, 0.1) is 6.07 Å². The summed E-state index contributed by atoms with van der Waals surface area (Å²) in [5.74, 6) is 0. The van der Waals surface area contributed by atoms with Crippen LogP contribution in [0.1, 0.15) is 17.5 Å². The third-order valence-electron chi connectivity index (χ3n) is 4.77. The van der Waals surface area contributed by atoms with Crippen LogP contribution in [-0.2, 0) is 13.0 Å². The zero-order valence-electron chi connectivity index (χ0n) is 14.4. The molecular formula is C21H25N3. The number of hydrogen-bond donors (Lipinski definition) is 0. The van der Waals surface area contributed by atoms with Gasteiger partial charge in [-0.05, 0) is 35.7 Å². The summed E-state index contributed by atoms with van der Waals surface area (Å²) < 4.78 is 0. The van der Waals surface area contributed by atoms with Crippen molar-refractivity contribution in [2.24, 2.45) is 0 Å². The van der Waals surface area contributed by atoms with Crippen LogP contribution in [0.2, 0.25) is 0 Å². The predicted octanol–water partition coefficient (Wildman–Crippen LogP) is 3.56. The second-order valence-electron chi connectivity index (χ2n) is 6.63. The van der Waals surface area contributed by atoms with E-state index in [1.54, 1.807) is 0 Å². The fourth-order valence-electron chi connectivity index (χ4n) is 3.13. The molecular weight excluding hydrogens is 294 g/mol. The summed E-state index contributed by atoms with van der Waals surface area (Å²) in [6.45, 7) is 5.68. The van der Waals surface area contributed by atoms with E-state index in [9.17, 15) is 0 Å². The van der Waals surface area contributed by atoms with Gasteiger partial charge in [0.25, 0.3) is 0 Å². The van der Waals surface area contributed by atoms with Crippen LogP contribution in [0.15, 0.2) is 48.5 Å². The van der Waals surface area contributed by atoms with Crippen LogP contribution < -0.4 is 0 Å². The maximum absolute atomic E-state index is 8.66. The Hall–Kier alpha value is -2.15. The molecule has 1 aliphatic heterocycles. The molecule has 1 heterocycles. The largest absolute Gasteiger partial charge is 0.304 e. The molecule has 0 N–H and O–H groups in total. The Labute approximate surface area is 145 Å².